The molecule has 1 saturated heterocycles. The number of fused-ring (bicyclic) bond motifs is 1. The van der Waals surface area contributed by atoms with E-state index in [-0.39, 0.29) is 18.6 Å². The van der Waals surface area contributed by atoms with Crippen molar-refractivity contribution in [2.24, 2.45) is 5.92 Å². The maximum atomic E-state index is 11.7. The van der Waals surface area contributed by atoms with E-state index in [1.165, 1.54) is 0 Å². The lowest BCUT2D eigenvalue weighted by Gasteiger charge is -2.46. The molecule has 4 nitrogen and oxygen atoms in total. The quantitative estimate of drug-likeness (QED) is 0.749. The van der Waals surface area contributed by atoms with Gasteiger partial charge in [-0.3, -0.25) is 0 Å². The first-order valence-corrected chi connectivity index (χ1v) is 6.41. The third-order valence-corrected chi connectivity index (χ3v) is 4.01. The summed E-state index contributed by atoms with van der Waals surface area (Å²) in [5, 5.41) is 10.5. The lowest BCUT2D eigenvalue weighted by Crippen LogP contribution is -2.54. The molecule has 2 aliphatic rings. The molecule has 0 spiro atoms. The fourth-order valence-electron chi connectivity index (χ4n) is 2.96. The van der Waals surface area contributed by atoms with Gasteiger partial charge in [-0.1, -0.05) is 25.5 Å². The van der Waals surface area contributed by atoms with Gasteiger partial charge in [0.25, 0.3) is 0 Å². The van der Waals surface area contributed by atoms with E-state index < -0.39 is 5.60 Å². The predicted molar refractivity (Wildman–Crippen MR) is 64.6 cm³/mol. The highest BCUT2D eigenvalue weighted by atomic mass is 16.6. The summed E-state index contributed by atoms with van der Waals surface area (Å²) in [6, 6.07) is 0. The van der Waals surface area contributed by atoms with Crippen LogP contribution < -0.4 is 0 Å². The molecule has 96 valence electrons. The van der Waals surface area contributed by atoms with Crippen LogP contribution in [0.4, 0.5) is 4.79 Å². The van der Waals surface area contributed by atoms with Gasteiger partial charge in [-0.25, -0.2) is 4.79 Å². The summed E-state index contributed by atoms with van der Waals surface area (Å²) in [5.41, 5.74) is -0.534. The van der Waals surface area contributed by atoms with Crippen molar-refractivity contribution in [2.45, 2.75) is 37.7 Å². The number of aliphatic hydroxyl groups is 1. The minimum atomic E-state index is -0.534. The van der Waals surface area contributed by atoms with E-state index in [2.05, 4.69) is 6.58 Å². The molecule has 1 aliphatic carbocycles. The van der Waals surface area contributed by atoms with Crippen LogP contribution in [0, 0.1) is 5.92 Å². The molecule has 0 aromatic heterocycles. The summed E-state index contributed by atoms with van der Waals surface area (Å²) in [7, 11) is 0. The standard InChI is InChI=1S/C13H21NO3/c1-2-9-17-12(15)14-8-7-13(16)6-4-3-5-11(13)10-14/h2,11,16H,1,3-10H2. The summed E-state index contributed by atoms with van der Waals surface area (Å²) in [6.45, 7) is 5.00. The fraction of sp³-hybridized carbons (Fsp3) is 0.769. The molecule has 0 aromatic rings. The van der Waals surface area contributed by atoms with Crippen molar-refractivity contribution in [3.63, 3.8) is 0 Å². The Morgan fingerprint density at radius 1 is 1.53 bits per heavy atom. The van der Waals surface area contributed by atoms with Crippen molar-refractivity contribution in [2.75, 3.05) is 19.7 Å². The second-order valence-corrected chi connectivity index (χ2v) is 5.11. The summed E-state index contributed by atoms with van der Waals surface area (Å²) in [5.74, 6) is 0.223. The highest BCUT2D eigenvalue weighted by molar-refractivity contribution is 5.67. The van der Waals surface area contributed by atoms with E-state index in [1.807, 2.05) is 0 Å². The molecule has 2 atom stereocenters. The van der Waals surface area contributed by atoms with Crippen molar-refractivity contribution < 1.29 is 14.6 Å². The average molecular weight is 239 g/mol. The number of carbonyl (C=O) groups is 1. The third-order valence-electron chi connectivity index (χ3n) is 4.01. The van der Waals surface area contributed by atoms with Crippen LogP contribution in [0.2, 0.25) is 0 Å². The Bertz CT molecular complexity index is 305. The van der Waals surface area contributed by atoms with Gasteiger partial charge in [-0.2, -0.15) is 0 Å². The summed E-state index contributed by atoms with van der Waals surface area (Å²) in [6.07, 6.45) is 6.13. The van der Waals surface area contributed by atoms with E-state index in [4.69, 9.17) is 4.74 Å². The van der Waals surface area contributed by atoms with E-state index in [9.17, 15) is 9.90 Å². The van der Waals surface area contributed by atoms with Gasteiger partial charge in [-0.05, 0) is 19.3 Å². The molecule has 2 fully saturated rings. The van der Waals surface area contributed by atoms with E-state index >= 15 is 0 Å². The van der Waals surface area contributed by atoms with Crippen molar-refractivity contribution >= 4 is 6.09 Å². The van der Waals surface area contributed by atoms with E-state index in [1.54, 1.807) is 11.0 Å². The van der Waals surface area contributed by atoms with Gasteiger partial charge in [-0.15, -0.1) is 0 Å². The Morgan fingerprint density at radius 3 is 3.12 bits per heavy atom. The highest BCUT2D eigenvalue weighted by Crippen LogP contribution is 2.39. The molecule has 1 heterocycles. The molecule has 17 heavy (non-hydrogen) atoms. The predicted octanol–water partition coefficient (Wildman–Crippen LogP) is 1.94. The van der Waals surface area contributed by atoms with Crippen molar-refractivity contribution in [1.29, 1.82) is 0 Å². The molecule has 0 aromatic carbocycles. The Kier molecular flexibility index (Phi) is 3.72. The third kappa shape index (κ3) is 2.63. The number of nitrogens with zero attached hydrogens (tertiary/aromatic N) is 1. The van der Waals surface area contributed by atoms with Gasteiger partial charge in [0.2, 0.25) is 0 Å². The number of ether oxygens (including phenoxy) is 1. The Balaban J connectivity index is 1.92. The number of hydrogen-bond acceptors (Lipinski definition) is 3. The maximum Gasteiger partial charge on any atom is 0.410 e. The summed E-state index contributed by atoms with van der Waals surface area (Å²) < 4.78 is 5.03. The number of likely N-dealkylation sites (tertiary alicyclic amines) is 1. The number of carbonyl (C=O) groups excluding carboxylic acids is 1. The number of amides is 1. The van der Waals surface area contributed by atoms with Crippen LogP contribution in [0.1, 0.15) is 32.1 Å². The second-order valence-electron chi connectivity index (χ2n) is 5.11. The highest BCUT2D eigenvalue weighted by Gasteiger charge is 2.43. The number of piperidine rings is 1. The molecule has 1 N–H and O–H groups in total. The Hall–Kier alpha value is -1.03. The molecular formula is C13H21NO3. The van der Waals surface area contributed by atoms with Crippen molar-refractivity contribution in [3.05, 3.63) is 12.7 Å². The fourth-order valence-corrected chi connectivity index (χ4v) is 2.96. The van der Waals surface area contributed by atoms with E-state index in [0.29, 0.717) is 19.5 Å². The maximum absolute atomic E-state index is 11.7. The van der Waals surface area contributed by atoms with Crippen LogP contribution in [0.25, 0.3) is 0 Å². The minimum absolute atomic E-state index is 0.223. The van der Waals surface area contributed by atoms with Crippen molar-refractivity contribution in [3.8, 4) is 0 Å². The van der Waals surface area contributed by atoms with Crippen LogP contribution in [-0.2, 0) is 4.74 Å². The normalized spacial score (nSPS) is 32.8. The molecule has 0 radical (unpaired) electrons. The number of rotatable bonds is 2. The zero-order valence-electron chi connectivity index (χ0n) is 10.2. The van der Waals surface area contributed by atoms with Crippen LogP contribution in [0.5, 0.6) is 0 Å². The smallest absolute Gasteiger partial charge is 0.410 e. The van der Waals surface area contributed by atoms with Gasteiger partial charge in [0.15, 0.2) is 0 Å². The lowest BCUT2D eigenvalue weighted by molar-refractivity contribution is -0.0911. The first kappa shape index (κ1) is 12.4. The van der Waals surface area contributed by atoms with E-state index in [0.717, 1.165) is 25.7 Å². The number of hydrogen-bond donors (Lipinski definition) is 1. The monoisotopic (exact) mass is 239 g/mol. The molecule has 1 amide bonds. The molecule has 4 heteroatoms. The van der Waals surface area contributed by atoms with Gasteiger partial charge < -0.3 is 14.7 Å². The molecule has 2 rings (SSSR count). The van der Waals surface area contributed by atoms with Gasteiger partial charge in [0.1, 0.15) is 6.61 Å². The van der Waals surface area contributed by atoms with Crippen LogP contribution >= 0.6 is 0 Å². The molecule has 1 saturated carbocycles. The molecule has 2 unspecified atom stereocenters. The summed E-state index contributed by atoms with van der Waals surface area (Å²) in [4.78, 5) is 13.4. The van der Waals surface area contributed by atoms with Crippen molar-refractivity contribution in [1.82, 2.24) is 4.90 Å². The van der Waals surface area contributed by atoms with Gasteiger partial charge in [0.05, 0.1) is 5.60 Å². The minimum Gasteiger partial charge on any atom is -0.445 e. The first-order valence-electron chi connectivity index (χ1n) is 6.41. The largest absolute Gasteiger partial charge is 0.445 e. The first-order chi connectivity index (χ1) is 8.15. The van der Waals surface area contributed by atoms with Crippen LogP contribution in [-0.4, -0.2) is 41.4 Å². The van der Waals surface area contributed by atoms with Crippen LogP contribution in [0.15, 0.2) is 12.7 Å². The lowest BCUT2D eigenvalue weighted by atomic mass is 9.71. The van der Waals surface area contributed by atoms with Crippen LogP contribution in [0.3, 0.4) is 0 Å². The Morgan fingerprint density at radius 2 is 2.35 bits per heavy atom. The topological polar surface area (TPSA) is 49.8 Å². The zero-order valence-corrected chi connectivity index (χ0v) is 10.2. The van der Waals surface area contributed by atoms with Gasteiger partial charge in [0, 0.05) is 19.0 Å². The molecule has 0 bridgehead atoms. The average Bonchev–Trinajstić information content (AvgIpc) is 2.34. The summed E-state index contributed by atoms with van der Waals surface area (Å²) >= 11 is 0. The SMILES string of the molecule is C=CCOC(=O)N1CCC2(O)CCCCC2C1. The molecular weight excluding hydrogens is 218 g/mol. The van der Waals surface area contributed by atoms with Gasteiger partial charge >= 0.3 is 6.09 Å². The zero-order chi connectivity index (χ0) is 12.3. The second kappa shape index (κ2) is 5.08. The molecule has 1 aliphatic heterocycles. The Labute approximate surface area is 102 Å².